The summed E-state index contributed by atoms with van der Waals surface area (Å²) < 4.78 is 15.4. The summed E-state index contributed by atoms with van der Waals surface area (Å²) in [5.41, 5.74) is 1.15. The van der Waals surface area contributed by atoms with Crippen molar-refractivity contribution in [3.8, 4) is 23.2 Å². The molecule has 0 aliphatic carbocycles. The molecular formula is C13H7FN4O. The number of hydrogen-bond acceptors (Lipinski definition) is 4. The standard InChI is InChI=1S/C13H7FN4O/c14-11-5-9(19)2-3-10(11)13-17-16-12-4-1-8(6-15)7-18(12)13/h1-5,7,19H. The van der Waals surface area contributed by atoms with Crippen LogP contribution in [0.4, 0.5) is 4.39 Å². The molecule has 5 nitrogen and oxygen atoms in total. The summed E-state index contributed by atoms with van der Waals surface area (Å²) in [6.45, 7) is 0. The highest BCUT2D eigenvalue weighted by Crippen LogP contribution is 2.24. The van der Waals surface area contributed by atoms with E-state index in [9.17, 15) is 9.50 Å². The third-order valence-electron chi connectivity index (χ3n) is 2.73. The Morgan fingerprint density at radius 1 is 1.21 bits per heavy atom. The molecule has 1 N–H and O–H groups in total. The van der Waals surface area contributed by atoms with Crippen molar-refractivity contribution in [1.29, 1.82) is 5.26 Å². The average Bonchev–Trinajstić information content (AvgIpc) is 2.81. The average molecular weight is 254 g/mol. The normalized spacial score (nSPS) is 10.5. The maximum absolute atomic E-state index is 13.8. The molecule has 0 bridgehead atoms. The predicted octanol–water partition coefficient (Wildman–Crippen LogP) is 2.11. The fourth-order valence-electron chi connectivity index (χ4n) is 1.83. The number of nitrogens with zero attached hydrogens (tertiary/aromatic N) is 4. The molecule has 2 aromatic heterocycles. The van der Waals surface area contributed by atoms with E-state index in [0.29, 0.717) is 11.2 Å². The van der Waals surface area contributed by atoms with Gasteiger partial charge in [-0.05, 0) is 24.3 Å². The van der Waals surface area contributed by atoms with Crippen molar-refractivity contribution in [2.45, 2.75) is 0 Å². The molecule has 3 rings (SSSR count). The number of pyridine rings is 1. The van der Waals surface area contributed by atoms with Gasteiger partial charge in [0.15, 0.2) is 11.5 Å². The van der Waals surface area contributed by atoms with Crippen LogP contribution in [-0.2, 0) is 0 Å². The van der Waals surface area contributed by atoms with Gasteiger partial charge in [-0.15, -0.1) is 10.2 Å². The first-order valence-electron chi connectivity index (χ1n) is 5.43. The van der Waals surface area contributed by atoms with Crippen molar-refractivity contribution in [2.24, 2.45) is 0 Å². The highest BCUT2D eigenvalue weighted by atomic mass is 19.1. The quantitative estimate of drug-likeness (QED) is 0.721. The molecule has 0 radical (unpaired) electrons. The van der Waals surface area contributed by atoms with Crippen molar-refractivity contribution < 1.29 is 9.50 Å². The van der Waals surface area contributed by atoms with Crippen LogP contribution in [0, 0.1) is 17.1 Å². The molecule has 0 aliphatic heterocycles. The highest BCUT2D eigenvalue weighted by Gasteiger charge is 2.13. The zero-order valence-corrected chi connectivity index (χ0v) is 9.58. The third kappa shape index (κ3) is 1.77. The molecule has 0 aliphatic rings. The lowest BCUT2D eigenvalue weighted by Gasteiger charge is -2.02. The zero-order chi connectivity index (χ0) is 13.4. The Balaban J connectivity index is 2.28. The minimum absolute atomic E-state index is 0.159. The molecule has 19 heavy (non-hydrogen) atoms. The Bertz CT molecular complexity index is 819. The van der Waals surface area contributed by atoms with Crippen molar-refractivity contribution >= 4 is 5.65 Å². The van der Waals surface area contributed by atoms with E-state index in [1.165, 1.54) is 22.7 Å². The number of hydrogen-bond donors (Lipinski definition) is 1. The number of aromatic nitrogens is 3. The van der Waals surface area contributed by atoms with Crippen molar-refractivity contribution in [3.63, 3.8) is 0 Å². The molecule has 0 unspecified atom stereocenters. The summed E-state index contributed by atoms with van der Waals surface area (Å²) in [7, 11) is 0. The molecular weight excluding hydrogens is 247 g/mol. The van der Waals surface area contributed by atoms with Crippen molar-refractivity contribution in [3.05, 3.63) is 47.9 Å². The van der Waals surface area contributed by atoms with E-state index < -0.39 is 5.82 Å². The Hall–Kier alpha value is -2.94. The Labute approximate surface area is 107 Å². The van der Waals surface area contributed by atoms with Gasteiger partial charge in [0.2, 0.25) is 0 Å². The largest absolute Gasteiger partial charge is 0.508 e. The maximum Gasteiger partial charge on any atom is 0.171 e. The fourth-order valence-corrected chi connectivity index (χ4v) is 1.83. The molecule has 0 fully saturated rings. The number of aromatic hydroxyl groups is 1. The summed E-state index contributed by atoms with van der Waals surface area (Å²) in [5.74, 6) is -0.478. The first-order valence-corrected chi connectivity index (χ1v) is 5.43. The molecule has 0 spiro atoms. The summed E-state index contributed by atoms with van der Waals surface area (Å²) in [6.07, 6.45) is 1.54. The summed E-state index contributed by atoms with van der Waals surface area (Å²) in [6, 6.07) is 9.04. The van der Waals surface area contributed by atoms with E-state index >= 15 is 0 Å². The van der Waals surface area contributed by atoms with Gasteiger partial charge in [0.1, 0.15) is 17.6 Å². The smallest absolute Gasteiger partial charge is 0.171 e. The lowest BCUT2D eigenvalue weighted by atomic mass is 10.2. The van der Waals surface area contributed by atoms with E-state index in [0.717, 1.165) is 6.07 Å². The Kier molecular flexibility index (Phi) is 2.39. The molecule has 0 amide bonds. The Morgan fingerprint density at radius 3 is 2.79 bits per heavy atom. The lowest BCUT2D eigenvalue weighted by Crippen LogP contribution is -1.93. The van der Waals surface area contributed by atoms with Gasteiger partial charge >= 0.3 is 0 Å². The van der Waals surface area contributed by atoms with Gasteiger partial charge in [-0.3, -0.25) is 4.40 Å². The van der Waals surface area contributed by atoms with Gasteiger partial charge in [0.25, 0.3) is 0 Å². The van der Waals surface area contributed by atoms with Crippen LogP contribution < -0.4 is 0 Å². The molecule has 0 atom stereocenters. The van der Waals surface area contributed by atoms with Crippen molar-refractivity contribution in [2.75, 3.05) is 0 Å². The molecule has 0 saturated carbocycles. The predicted molar refractivity (Wildman–Crippen MR) is 64.8 cm³/mol. The van der Waals surface area contributed by atoms with Crippen molar-refractivity contribution in [1.82, 2.24) is 14.6 Å². The van der Waals surface area contributed by atoms with E-state index in [4.69, 9.17) is 5.26 Å². The maximum atomic E-state index is 13.8. The second-order valence-electron chi connectivity index (χ2n) is 3.95. The van der Waals surface area contributed by atoms with Gasteiger partial charge in [0.05, 0.1) is 11.1 Å². The van der Waals surface area contributed by atoms with Crippen LogP contribution in [0.1, 0.15) is 5.56 Å². The van der Waals surface area contributed by atoms with E-state index in [2.05, 4.69) is 10.2 Å². The van der Waals surface area contributed by atoms with E-state index in [1.807, 2.05) is 6.07 Å². The van der Waals surface area contributed by atoms with Crippen LogP contribution in [0.15, 0.2) is 36.5 Å². The minimum Gasteiger partial charge on any atom is -0.508 e. The number of halogens is 1. The second-order valence-corrected chi connectivity index (χ2v) is 3.95. The van der Waals surface area contributed by atoms with Gasteiger partial charge in [0, 0.05) is 12.3 Å². The van der Waals surface area contributed by atoms with Crippen LogP contribution in [0.25, 0.3) is 17.0 Å². The van der Waals surface area contributed by atoms with Gasteiger partial charge in [-0.1, -0.05) is 0 Å². The molecule has 6 heteroatoms. The number of phenolic OH excluding ortho intramolecular Hbond substituents is 1. The molecule has 2 heterocycles. The van der Waals surface area contributed by atoms with Gasteiger partial charge in [-0.2, -0.15) is 5.26 Å². The third-order valence-corrected chi connectivity index (χ3v) is 2.73. The first kappa shape index (κ1) is 11.2. The minimum atomic E-state index is -0.600. The molecule has 92 valence electrons. The number of benzene rings is 1. The SMILES string of the molecule is N#Cc1ccc2nnc(-c3ccc(O)cc3F)n2c1. The number of phenols is 1. The lowest BCUT2D eigenvalue weighted by molar-refractivity contribution is 0.469. The second kappa shape index (κ2) is 4.07. The highest BCUT2D eigenvalue weighted by molar-refractivity contribution is 5.61. The van der Waals surface area contributed by atoms with Gasteiger partial charge < -0.3 is 5.11 Å². The number of nitriles is 1. The summed E-state index contributed by atoms with van der Waals surface area (Å²) in [4.78, 5) is 0. The number of fused-ring (bicyclic) bond motifs is 1. The monoisotopic (exact) mass is 254 g/mol. The summed E-state index contributed by atoms with van der Waals surface area (Å²) >= 11 is 0. The zero-order valence-electron chi connectivity index (χ0n) is 9.58. The fraction of sp³-hybridized carbons (Fsp3) is 0. The topological polar surface area (TPSA) is 74.2 Å². The molecule has 1 aromatic carbocycles. The first-order chi connectivity index (χ1) is 9.19. The van der Waals surface area contributed by atoms with Crippen LogP contribution >= 0.6 is 0 Å². The van der Waals surface area contributed by atoms with E-state index in [-0.39, 0.29) is 17.1 Å². The molecule has 3 aromatic rings. The number of rotatable bonds is 1. The summed E-state index contributed by atoms with van der Waals surface area (Å²) in [5, 5.41) is 25.9. The van der Waals surface area contributed by atoms with Gasteiger partial charge in [-0.25, -0.2) is 4.39 Å². The Morgan fingerprint density at radius 2 is 2.05 bits per heavy atom. The molecule has 0 saturated heterocycles. The van der Waals surface area contributed by atoms with Crippen LogP contribution in [0.5, 0.6) is 5.75 Å². The van der Waals surface area contributed by atoms with Crippen LogP contribution in [-0.4, -0.2) is 19.7 Å². The van der Waals surface area contributed by atoms with Crippen LogP contribution in [0.2, 0.25) is 0 Å². The van der Waals surface area contributed by atoms with E-state index in [1.54, 1.807) is 12.1 Å². The van der Waals surface area contributed by atoms with Crippen LogP contribution in [0.3, 0.4) is 0 Å².